The molecule has 2 aromatic rings. The summed E-state index contributed by atoms with van der Waals surface area (Å²) >= 11 is 0.861. The number of anilines is 1. The number of hydrogen-bond acceptors (Lipinski definition) is 5. The maximum Gasteiger partial charge on any atom is 0.434 e. The number of amides is 2. The predicted molar refractivity (Wildman–Crippen MR) is 78.3 cm³/mol. The molecule has 23 heavy (non-hydrogen) atoms. The van der Waals surface area contributed by atoms with E-state index in [0.29, 0.717) is 23.6 Å². The van der Waals surface area contributed by atoms with E-state index in [1.807, 2.05) is 0 Å². The molecule has 0 aliphatic carbocycles. The van der Waals surface area contributed by atoms with Crippen molar-refractivity contribution in [3.8, 4) is 0 Å². The van der Waals surface area contributed by atoms with E-state index in [4.69, 9.17) is 4.52 Å². The molecule has 0 fully saturated rings. The van der Waals surface area contributed by atoms with E-state index in [-0.39, 0.29) is 5.01 Å². The fraction of sp³-hybridized carbons (Fsp3) is 0.462. The molecule has 6 nitrogen and oxygen atoms in total. The lowest BCUT2D eigenvalue weighted by Gasteiger charge is -2.15. The van der Waals surface area contributed by atoms with Crippen molar-refractivity contribution in [2.45, 2.75) is 39.4 Å². The van der Waals surface area contributed by atoms with E-state index >= 15 is 0 Å². The molecule has 0 saturated carbocycles. The number of thiazole rings is 1. The Hall–Kier alpha value is -2.10. The van der Waals surface area contributed by atoms with Gasteiger partial charge in [-0.05, 0) is 20.3 Å². The number of aryl methyl sites for hydroxylation is 2. The highest BCUT2D eigenvalue weighted by Gasteiger charge is 2.34. The number of hydrogen-bond donors (Lipinski definition) is 2. The van der Waals surface area contributed by atoms with Gasteiger partial charge in [0.1, 0.15) is 16.4 Å². The second kappa shape index (κ2) is 6.57. The third-order valence-electron chi connectivity index (χ3n) is 3.10. The smallest absolute Gasteiger partial charge is 0.359 e. The molecule has 1 atom stereocenters. The van der Waals surface area contributed by atoms with Crippen LogP contribution in [0, 0.1) is 13.8 Å². The minimum Gasteiger partial charge on any atom is -0.359 e. The lowest BCUT2D eigenvalue weighted by atomic mass is 10.2. The number of nitrogens with one attached hydrogen (secondary N) is 2. The summed E-state index contributed by atoms with van der Waals surface area (Å²) in [6.45, 7) is 5.05. The third kappa shape index (κ3) is 4.01. The lowest BCUT2D eigenvalue weighted by molar-refractivity contribution is -0.140. The Kier molecular flexibility index (Phi) is 4.93. The zero-order chi connectivity index (χ0) is 17.2. The van der Waals surface area contributed by atoms with Gasteiger partial charge in [0.25, 0.3) is 0 Å². The summed E-state index contributed by atoms with van der Waals surface area (Å²) in [4.78, 5) is 15.6. The highest BCUT2D eigenvalue weighted by atomic mass is 32.1. The van der Waals surface area contributed by atoms with E-state index in [9.17, 15) is 18.0 Å². The Morgan fingerprint density at radius 3 is 2.61 bits per heavy atom. The summed E-state index contributed by atoms with van der Waals surface area (Å²) < 4.78 is 42.7. The zero-order valence-electron chi connectivity index (χ0n) is 12.6. The van der Waals surface area contributed by atoms with Crippen LogP contribution in [-0.4, -0.2) is 16.2 Å². The Bertz CT molecular complexity index is 676. The van der Waals surface area contributed by atoms with Crippen LogP contribution in [0.1, 0.15) is 41.5 Å². The molecule has 0 aromatic carbocycles. The Morgan fingerprint density at radius 2 is 2.13 bits per heavy atom. The summed E-state index contributed by atoms with van der Waals surface area (Å²) in [5, 5.41) is 10.0. The topological polar surface area (TPSA) is 80.0 Å². The van der Waals surface area contributed by atoms with Crippen molar-refractivity contribution < 1.29 is 22.5 Å². The first-order valence-electron chi connectivity index (χ1n) is 6.75. The quantitative estimate of drug-likeness (QED) is 0.874. The summed E-state index contributed by atoms with van der Waals surface area (Å²) in [7, 11) is 0. The molecule has 2 amide bonds. The Labute approximate surface area is 134 Å². The van der Waals surface area contributed by atoms with Crippen LogP contribution < -0.4 is 10.6 Å². The van der Waals surface area contributed by atoms with E-state index in [2.05, 4.69) is 20.8 Å². The number of alkyl halides is 3. The molecule has 0 bridgehead atoms. The van der Waals surface area contributed by atoms with Crippen molar-refractivity contribution in [1.29, 1.82) is 0 Å². The molecular formula is C13H15F3N4O2S. The molecule has 2 aromatic heterocycles. The van der Waals surface area contributed by atoms with Crippen molar-refractivity contribution in [1.82, 2.24) is 15.5 Å². The molecule has 10 heteroatoms. The molecule has 126 valence electrons. The number of nitrogens with zero attached hydrogens (tertiary/aromatic N) is 2. The number of carbonyl (C=O) groups excluding carboxylic acids is 1. The average Bonchev–Trinajstić information content (AvgIpc) is 3.07. The minimum absolute atomic E-state index is 0.203. The van der Waals surface area contributed by atoms with Gasteiger partial charge in [0.15, 0.2) is 11.5 Å². The number of carbonyl (C=O) groups is 1. The van der Waals surface area contributed by atoms with Gasteiger partial charge in [-0.1, -0.05) is 12.1 Å². The predicted octanol–water partition coefficient (Wildman–Crippen LogP) is 4.04. The maximum atomic E-state index is 12.6. The number of aromatic nitrogens is 2. The van der Waals surface area contributed by atoms with Crippen LogP contribution in [0.4, 0.5) is 23.7 Å². The highest BCUT2D eigenvalue weighted by molar-refractivity contribution is 7.09. The van der Waals surface area contributed by atoms with E-state index in [0.717, 1.165) is 16.7 Å². The summed E-state index contributed by atoms with van der Waals surface area (Å²) in [5.74, 6) is 0.444. The largest absolute Gasteiger partial charge is 0.434 e. The minimum atomic E-state index is -4.49. The summed E-state index contributed by atoms with van der Waals surface area (Å²) in [6.07, 6.45) is -4.09. The molecule has 0 radical (unpaired) electrons. The maximum absolute atomic E-state index is 12.6. The second-order valence-electron chi connectivity index (χ2n) is 4.83. The molecule has 0 spiro atoms. The fourth-order valence-electron chi connectivity index (χ4n) is 1.89. The van der Waals surface area contributed by atoms with Crippen LogP contribution in [0.15, 0.2) is 9.90 Å². The van der Waals surface area contributed by atoms with Crippen molar-refractivity contribution in [2.75, 3.05) is 5.32 Å². The van der Waals surface area contributed by atoms with Gasteiger partial charge in [0.2, 0.25) is 0 Å². The van der Waals surface area contributed by atoms with Crippen molar-refractivity contribution in [3.63, 3.8) is 0 Å². The molecule has 0 saturated heterocycles. The van der Waals surface area contributed by atoms with Crippen LogP contribution in [0.25, 0.3) is 0 Å². The van der Waals surface area contributed by atoms with Gasteiger partial charge in [-0.2, -0.15) is 13.2 Å². The SMILES string of the molecule is CC[C@H](NC(=O)Nc1c(C)noc1C)c1nc(C(F)(F)F)cs1. The standard InChI is InChI=1S/C13H15F3N4O2S/c1-4-8(11-18-9(5-23-11)13(14,15)16)17-12(21)19-10-6(2)20-22-7(10)3/h5,8H,4H2,1-3H3,(H2,17,19,21)/t8-/m0/s1. The number of urea groups is 1. The summed E-state index contributed by atoms with van der Waals surface area (Å²) in [6, 6.07) is -1.17. The third-order valence-corrected chi connectivity index (χ3v) is 4.05. The zero-order valence-corrected chi connectivity index (χ0v) is 13.4. The first kappa shape index (κ1) is 17.3. The van der Waals surface area contributed by atoms with Crippen molar-refractivity contribution >= 4 is 23.1 Å². The Balaban J connectivity index is 2.07. The van der Waals surface area contributed by atoms with E-state index in [1.54, 1.807) is 20.8 Å². The first-order chi connectivity index (χ1) is 10.7. The van der Waals surface area contributed by atoms with Gasteiger partial charge >= 0.3 is 12.2 Å². The van der Waals surface area contributed by atoms with E-state index < -0.39 is 23.9 Å². The van der Waals surface area contributed by atoms with Gasteiger partial charge in [-0.15, -0.1) is 11.3 Å². The summed E-state index contributed by atoms with van der Waals surface area (Å²) in [5.41, 5.74) is -0.00402. The van der Waals surface area contributed by atoms with Crippen LogP contribution in [0.3, 0.4) is 0 Å². The van der Waals surface area contributed by atoms with Gasteiger partial charge in [0, 0.05) is 5.38 Å². The molecule has 0 aliphatic rings. The fourth-order valence-corrected chi connectivity index (χ4v) is 2.85. The average molecular weight is 348 g/mol. The molecule has 0 unspecified atom stereocenters. The van der Waals surface area contributed by atoms with Crippen LogP contribution >= 0.6 is 11.3 Å². The second-order valence-corrected chi connectivity index (χ2v) is 5.72. The van der Waals surface area contributed by atoms with Crippen molar-refractivity contribution in [2.24, 2.45) is 0 Å². The Morgan fingerprint density at radius 1 is 1.43 bits per heavy atom. The van der Waals surface area contributed by atoms with Crippen molar-refractivity contribution in [3.05, 3.63) is 27.5 Å². The van der Waals surface area contributed by atoms with Crippen LogP contribution in [0.2, 0.25) is 0 Å². The molecule has 2 heterocycles. The number of rotatable bonds is 4. The number of halogens is 3. The molecular weight excluding hydrogens is 333 g/mol. The normalized spacial score (nSPS) is 13.0. The molecule has 2 N–H and O–H groups in total. The van der Waals surface area contributed by atoms with Gasteiger partial charge in [-0.3, -0.25) is 0 Å². The molecule has 0 aliphatic heterocycles. The van der Waals surface area contributed by atoms with E-state index in [1.165, 1.54) is 0 Å². The van der Waals surface area contributed by atoms with Gasteiger partial charge in [0.05, 0.1) is 6.04 Å². The van der Waals surface area contributed by atoms with Crippen LogP contribution in [0.5, 0.6) is 0 Å². The monoisotopic (exact) mass is 348 g/mol. The van der Waals surface area contributed by atoms with Gasteiger partial charge in [-0.25, -0.2) is 9.78 Å². The lowest BCUT2D eigenvalue weighted by Crippen LogP contribution is -2.32. The van der Waals surface area contributed by atoms with Crippen LogP contribution in [-0.2, 0) is 6.18 Å². The highest BCUT2D eigenvalue weighted by Crippen LogP contribution is 2.32. The first-order valence-corrected chi connectivity index (χ1v) is 7.63. The van der Waals surface area contributed by atoms with Gasteiger partial charge < -0.3 is 15.2 Å². The molecule has 2 rings (SSSR count).